The summed E-state index contributed by atoms with van der Waals surface area (Å²) >= 11 is 2.06. The molecule has 0 atom stereocenters. The van der Waals surface area contributed by atoms with Gasteiger partial charge in [-0.3, -0.25) is 0 Å². The fraction of sp³-hybridized carbons (Fsp3) is 0.600. The molecule has 1 aromatic carbocycles. The van der Waals surface area contributed by atoms with Crippen LogP contribution in [0.4, 0.5) is 0 Å². The first-order valence-electron chi connectivity index (χ1n) is 6.71. The highest BCUT2D eigenvalue weighted by molar-refractivity contribution is 7.99. The number of likely N-dealkylation sites (tertiary alicyclic amines) is 1. The summed E-state index contributed by atoms with van der Waals surface area (Å²) in [6.07, 6.45) is 2.68. The first-order valence-corrected chi connectivity index (χ1v) is 7.70. The molecule has 1 spiro atoms. The summed E-state index contributed by atoms with van der Waals surface area (Å²) in [6.45, 7) is 6.52. The molecule has 17 heavy (non-hydrogen) atoms. The van der Waals surface area contributed by atoms with Gasteiger partial charge in [-0.2, -0.15) is 0 Å². The van der Waals surface area contributed by atoms with Gasteiger partial charge in [0.15, 0.2) is 0 Å². The fourth-order valence-electron chi connectivity index (χ4n) is 2.78. The summed E-state index contributed by atoms with van der Waals surface area (Å²) in [5.74, 6) is 1.31. The summed E-state index contributed by atoms with van der Waals surface area (Å²) in [6, 6.07) is 9.00. The summed E-state index contributed by atoms with van der Waals surface area (Å²) in [5, 5.41) is 0. The number of hydrogen-bond donors (Lipinski definition) is 0. The highest BCUT2D eigenvalue weighted by atomic mass is 32.2. The van der Waals surface area contributed by atoms with Gasteiger partial charge in [0.05, 0.1) is 0 Å². The maximum absolute atomic E-state index is 2.46. The van der Waals surface area contributed by atoms with Crippen LogP contribution in [-0.2, 0) is 5.41 Å². The number of benzene rings is 1. The third-order valence-corrected chi connectivity index (χ3v) is 5.27. The lowest BCUT2D eigenvalue weighted by atomic mass is 9.75. The van der Waals surface area contributed by atoms with Crippen molar-refractivity contribution in [2.24, 2.45) is 0 Å². The molecule has 0 saturated carbocycles. The van der Waals surface area contributed by atoms with Crippen molar-refractivity contribution in [3.8, 4) is 0 Å². The third-order valence-electron chi connectivity index (χ3n) is 3.91. The predicted octanol–water partition coefficient (Wildman–Crippen LogP) is 3.78. The van der Waals surface area contributed by atoms with Gasteiger partial charge < -0.3 is 4.90 Å². The number of nitrogens with zero attached hydrogens (tertiary/aromatic N) is 1. The first-order chi connectivity index (χ1) is 8.30. The molecule has 2 aliphatic heterocycles. The lowest BCUT2D eigenvalue weighted by Crippen LogP contribution is -2.40. The van der Waals surface area contributed by atoms with E-state index >= 15 is 0 Å². The van der Waals surface area contributed by atoms with E-state index in [0.717, 1.165) is 0 Å². The van der Waals surface area contributed by atoms with Crippen LogP contribution in [0.15, 0.2) is 29.2 Å². The molecule has 94 valence electrons. The van der Waals surface area contributed by atoms with Crippen molar-refractivity contribution in [1.29, 1.82) is 0 Å². The summed E-state index contributed by atoms with van der Waals surface area (Å²) < 4.78 is 0. The average Bonchev–Trinajstić information content (AvgIpc) is 2.76. The summed E-state index contributed by atoms with van der Waals surface area (Å²) in [5.41, 5.74) is 2.14. The van der Waals surface area contributed by atoms with Crippen LogP contribution < -0.4 is 0 Å². The van der Waals surface area contributed by atoms with E-state index in [1.54, 1.807) is 5.56 Å². The fourth-order valence-corrected chi connectivity index (χ4v) is 4.28. The Balaban J connectivity index is 0.000000514. The monoisotopic (exact) mass is 249 g/mol. The van der Waals surface area contributed by atoms with Crippen molar-refractivity contribution in [2.45, 2.75) is 37.0 Å². The molecule has 3 rings (SSSR count). The molecule has 1 fully saturated rings. The molecule has 0 N–H and O–H groups in total. The molecule has 2 aliphatic rings. The van der Waals surface area contributed by atoms with E-state index in [1.165, 1.54) is 36.6 Å². The smallest absolute Gasteiger partial charge is 0.0110 e. The Bertz CT molecular complexity index is 367. The van der Waals surface area contributed by atoms with E-state index in [1.807, 2.05) is 13.8 Å². The van der Waals surface area contributed by atoms with Crippen LogP contribution in [0.2, 0.25) is 0 Å². The van der Waals surface area contributed by atoms with Crippen LogP contribution in [0.1, 0.15) is 32.3 Å². The zero-order chi connectivity index (χ0) is 12.3. The van der Waals surface area contributed by atoms with Gasteiger partial charge in [0, 0.05) is 16.1 Å². The molecule has 0 unspecified atom stereocenters. The van der Waals surface area contributed by atoms with Crippen molar-refractivity contribution < 1.29 is 0 Å². The number of piperidine rings is 1. The lowest BCUT2D eigenvalue weighted by Gasteiger charge is -2.38. The molecule has 1 aromatic rings. The highest BCUT2D eigenvalue weighted by Crippen LogP contribution is 2.49. The van der Waals surface area contributed by atoms with Crippen LogP contribution in [-0.4, -0.2) is 30.8 Å². The van der Waals surface area contributed by atoms with E-state index in [2.05, 4.69) is 48.0 Å². The van der Waals surface area contributed by atoms with Gasteiger partial charge in [-0.05, 0) is 44.6 Å². The van der Waals surface area contributed by atoms with Gasteiger partial charge >= 0.3 is 0 Å². The Kier molecular flexibility index (Phi) is 4.16. The second-order valence-electron chi connectivity index (χ2n) is 4.87. The highest BCUT2D eigenvalue weighted by Gasteiger charge is 2.40. The molecule has 0 amide bonds. The van der Waals surface area contributed by atoms with Crippen molar-refractivity contribution in [1.82, 2.24) is 4.90 Å². The van der Waals surface area contributed by atoms with Crippen LogP contribution in [0.3, 0.4) is 0 Å². The van der Waals surface area contributed by atoms with E-state index in [-0.39, 0.29) is 0 Å². The Hall–Kier alpha value is -0.470. The van der Waals surface area contributed by atoms with Crippen LogP contribution >= 0.6 is 11.8 Å². The van der Waals surface area contributed by atoms with Gasteiger partial charge in [-0.15, -0.1) is 11.8 Å². The second-order valence-corrected chi connectivity index (χ2v) is 5.89. The number of hydrogen-bond acceptors (Lipinski definition) is 2. The third kappa shape index (κ3) is 2.38. The Morgan fingerprint density at radius 3 is 2.47 bits per heavy atom. The maximum atomic E-state index is 2.46. The lowest BCUT2D eigenvalue weighted by molar-refractivity contribution is 0.204. The molecule has 0 aliphatic carbocycles. The van der Waals surface area contributed by atoms with Crippen molar-refractivity contribution in [2.75, 3.05) is 25.9 Å². The molecule has 0 bridgehead atoms. The molecule has 1 nitrogen and oxygen atoms in total. The summed E-state index contributed by atoms with van der Waals surface area (Å²) in [4.78, 5) is 3.98. The number of thioether (sulfide) groups is 1. The zero-order valence-electron chi connectivity index (χ0n) is 11.2. The Morgan fingerprint density at radius 2 is 1.76 bits per heavy atom. The number of rotatable bonds is 0. The molecule has 2 heterocycles. The maximum Gasteiger partial charge on any atom is 0.0110 e. The van der Waals surface area contributed by atoms with Gasteiger partial charge in [-0.25, -0.2) is 0 Å². The zero-order valence-corrected chi connectivity index (χ0v) is 12.0. The average molecular weight is 249 g/mol. The van der Waals surface area contributed by atoms with Gasteiger partial charge in [-0.1, -0.05) is 32.0 Å². The minimum absolute atomic E-state index is 0.508. The molecule has 0 aromatic heterocycles. The van der Waals surface area contributed by atoms with Crippen molar-refractivity contribution in [3.63, 3.8) is 0 Å². The van der Waals surface area contributed by atoms with Crippen molar-refractivity contribution in [3.05, 3.63) is 29.8 Å². The van der Waals surface area contributed by atoms with E-state index in [4.69, 9.17) is 0 Å². The quantitative estimate of drug-likeness (QED) is 0.688. The minimum atomic E-state index is 0.508. The molecule has 0 radical (unpaired) electrons. The molecular formula is C15H23NS. The Morgan fingerprint density at radius 1 is 1.12 bits per heavy atom. The largest absolute Gasteiger partial charge is 0.306 e. The van der Waals surface area contributed by atoms with Crippen LogP contribution in [0.5, 0.6) is 0 Å². The minimum Gasteiger partial charge on any atom is -0.306 e. The first kappa shape index (κ1) is 13.0. The van der Waals surface area contributed by atoms with Crippen molar-refractivity contribution >= 4 is 11.8 Å². The standard InChI is InChI=1S/C13H17NS.C2H6/c1-14-8-6-13(7-9-14)10-15-12-5-3-2-4-11(12)13;1-2/h2-5H,6-10H2,1H3;1-2H3. The van der Waals surface area contributed by atoms with Gasteiger partial charge in [0.25, 0.3) is 0 Å². The predicted molar refractivity (Wildman–Crippen MR) is 76.9 cm³/mol. The van der Waals surface area contributed by atoms with E-state index in [9.17, 15) is 0 Å². The SMILES string of the molecule is CC.CN1CCC2(CC1)CSc1ccccc12. The van der Waals surface area contributed by atoms with E-state index in [0.29, 0.717) is 5.41 Å². The number of fused-ring (bicyclic) bond motifs is 2. The molecular weight excluding hydrogens is 226 g/mol. The normalized spacial score (nSPS) is 21.8. The second kappa shape index (κ2) is 5.45. The Labute approximate surface area is 110 Å². The topological polar surface area (TPSA) is 3.24 Å². The molecule has 1 saturated heterocycles. The van der Waals surface area contributed by atoms with E-state index < -0.39 is 0 Å². The molecule has 2 heteroatoms. The van der Waals surface area contributed by atoms with Gasteiger partial charge in [0.1, 0.15) is 0 Å². The van der Waals surface area contributed by atoms with Crippen LogP contribution in [0, 0.1) is 0 Å². The summed E-state index contributed by atoms with van der Waals surface area (Å²) in [7, 11) is 2.24. The van der Waals surface area contributed by atoms with Crippen LogP contribution in [0.25, 0.3) is 0 Å². The van der Waals surface area contributed by atoms with Gasteiger partial charge in [0.2, 0.25) is 0 Å².